The van der Waals surface area contributed by atoms with E-state index in [0.29, 0.717) is 6.42 Å². The highest BCUT2D eigenvalue weighted by Gasteiger charge is 2.03. The Balaban J connectivity index is 2.44. The zero-order chi connectivity index (χ0) is 10.7. The van der Waals surface area contributed by atoms with E-state index in [9.17, 15) is 4.79 Å². The van der Waals surface area contributed by atoms with E-state index in [1.165, 1.54) is 0 Å². The molecule has 0 fully saturated rings. The second-order valence-electron chi connectivity index (χ2n) is 3.11. The molecule has 2 rings (SSSR count). The van der Waals surface area contributed by atoms with Gasteiger partial charge in [-0.1, -0.05) is 22.0 Å². The van der Waals surface area contributed by atoms with Crippen molar-refractivity contribution in [3.63, 3.8) is 0 Å². The molecule has 0 saturated heterocycles. The van der Waals surface area contributed by atoms with Crippen LogP contribution in [0.3, 0.4) is 0 Å². The van der Waals surface area contributed by atoms with Crippen molar-refractivity contribution in [3.05, 3.63) is 47.0 Å². The van der Waals surface area contributed by atoms with Crippen molar-refractivity contribution >= 4 is 22.2 Å². The Morgan fingerprint density at radius 1 is 1.47 bits per heavy atom. The third-order valence-corrected chi connectivity index (χ3v) is 2.59. The van der Waals surface area contributed by atoms with E-state index in [2.05, 4.69) is 20.9 Å². The van der Waals surface area contributed by atoms with E-state index in [0.717, 1.165) is 22.1 Å². The van der Waals surface area contributed by atoms with Crippen molar-refractivity contribution in [3.8, 4) is 5.69 Å². The van der Waals surface area contributed by atoms with Crippen LogP contribution in [0, 0.1) is 0 Å². The highest BCUT2D eigenvalue weighted by Crippen LogP contribution is 2.16. The second kappa shape index (κ2) is 4.40. The molecule has 0 aliphatic carbocycles. The van der Waals surface area contributed by atoms with Gasteiger partial charge in [0, 0.05) is 28.5 Å². The molecule has 0 bridgehead atoms. The van der Waals surface area contributed by atoms with Crippen molar-refractivity contribution in [1.82, 2.24) is 9.55 Å². The molecule has 0 aliphatic heterocycles. The van der Waals surface area contributed by atoms with Crippen LogP contribution in [0.2, 0.25) is 0 Å². The number of rotatable bonds is 3. The van der Waals surface area contributed by atoms with Crippen molar-refractivity contribution in [2.45, 2.75) is 6.42 Å². The maximum Gasteiger partial charge on any atom is 0.125 e. The molecule has 1 aromatic carbocycles. The number of nitrogens with zero attached hydrogens (tertiary/aromatic N) is 2. The average molecular weight is 265 g/mol. The van der Waals surface area contributed by atoms with Gasteiger partial charge in [-0.15, -0.1) is 0 Å². The summed E-state index contributed by atoms with van der Waals surface area (Å²) in [5.74, 6) is 0. The zero-order valence-electron chi connectivity index (χ0n) is 7.93. The number of carbonyl (C=O) groups excluding carboxylic acids is 1. The number of aldehydes is 1. The lowest BCUT2D eigenvalue weighted by atomic mass is 10.3. The molecule has 0 amide bonds. The molecule has 0 saturated carbocycles. The molecule has 0 N–H and O–H groups in total. The third kappa shape index (κ3) is 2.15. The van der Waals surface area contributed by atoms with Gasteiger partial charge in [-0.3, -0.25) is 0 Å². The third-order valence-electron chi connectivity index (χ3n) is 2.09. The van der Waals surface area contributed by atoms with E-state index in [1.54, 1.807) is 12.5 Å². The standard InChI is InChI=1S/C11H9BrN2O/c12-9-2-1-3-10(6-9)14-8-13-7-11(14)4-5-15/h1-3,5-8H,4H2. The van der Waals surface area contributed by atoms with Crippen LogP contribution in [0.4, 0.5) is 0 Å². The smallest absolute Gasteiger partial charge is 0.125 e. The van der Waals surface area contributed by atoms with Gasteiger partial charge in [0.25, 0.3) is 0 Å². The molecule has 76 valence electrons. The normalized spacial score (nSPS) is 10.2. The van der Waals surface area contributed by atoms with Crippen LogP contribution in [0.1, 0.15) is 5.69 Å². The van der Waals surface area contributed by atoms with Gasteiger partial charge in [-0.25, -0.2) is 4.98 Å². The molecule has 3 nitrogen and oxygen atoms in total. The van der Waals surface area contributed by atoms with Crippen molar-refractivity contribution in [1.29, 1.82) is 0 Å². The largest absolute Gasteiger partial charge is 0.303 e. The van der Waals surface area contributed by atoms with Gasteiger partial charge < -0.3 is 9.36 Å². The van der Waals surface area contributed by atoms with Crippen LogP contribution in [0.15, 0.2) is 41.3 Å². The number of halogens is 1. The molecule has 15 heavy (non-hydrogen) atoms. The van der Waals surface area contributed by atoms with Gasteiger partial charge in [0.1, 0.15) is 6.29 Å². The van der Waals surface area contributed by atoms with E-state index in [-0.39, 0.29) is 0 Å². The summed E-state index contributed by atoms with van der Waals surface area (Å²) in [6.07, 6.45) is 4.67. The average Bonchev–Trinajstić information content (AvgIpc) is 2.66. The second-order valence-corrected chi connectivity index (χ2v) is 4.02. The summed E-state index contributed by atoms with van der Waals surface area (Å²) < 4.78 is 2.91. The van der Waals surface area contributed by atoms with E-state index >= 15 is 0 Å². The first kappa shape index (κ1) is 10.1. The molecule has 0 atom stereocenters. The van der Waals surface area contributed by atoms with Crippen LogP contribution in [0.25, 0.3) is 5.69 Å². The molecule has 0 spiro atoms. The van der Waals surface area contributed by atoms with Crippen LogP contribution in [-0.4, -0.2) is 15.8 Å². The minimum Gasteiger partial charge on any atom is -0.303 e. The van der Waals surface area contributed by atoms with Crippen LogP contribution >= 0.6 is 15.9 Å². The predicted molar refractivity (Wildman–Crippen MR) is 61.0 cm³/mol. The zero-order valence-corrected chi connectivity index (χ0v) is 9.52. The van der Waals surface area contributed by atoms with Gasteiger partial charge in [-0.2, -0.15) is 0 Å². The fourth-order valence-electron chi connectivity index (χ4n) is 1.42. The highest BCUT2D eigenvalue weighted by molar-refractivity contribution is 9.10. The van der Waals surface area contributed by atoms with Gasteiger partial charge in [-0.05, 0) is 18.2 Å². The maximum absolute atomic E-state index is 10.5. The van der Waals surface area contributed by atoms with E-state index in [4.69, 9.17) is 0 Å². The Kier molecular flexibility index (Phi) is 2.97. The Morgan fingerprint density at radius 3 is 3.07 bits per heavy atom. The summed E-state index contributed by atoms with van der Waals surface area (Å²) in [7, 11) is 0. The summed E-state index contributed by atoms with van der Waals surface area (Å²) in [5.41, 5.74) is 1.89. The number of imidazole rings is 1. The topological polar surface area (TPSA) is 34.9 Å². The minimum atomic E-state index is 0.381. The van der Waals surface area contributed by atoms with Crippen molar-refractivity contribution in [2.75, 3.05) is 0 Å². The van der Waals surface area contributed by atoms with Gasteiger partial charge in [0.05, 0.1) is 6.33 Å². The Labute approximate surface area is 95.9 Å². The first-order valence-electron chi connectivity index (χ1n) is 4.52. The summed E-state index contributed by atoms with van der Waals surface area (Å²) in [6.45, 7) is 0. The first-order valence-corrected chi connectivity index (χ1v) is 5.31. The van der Waals surface area contributed by atoms with Crippen LogP contribution in [0.5, 0.6) is 0 Å². The SMILES string of the molecule is O=CCc1cncn1-c1cccc(Br)c1. The van der Waals surface area contributed by atoms with Gasteiger partial charge in [0.2, 0.25) is 0 Å². The Bertz CT molecular complexity index is 479. The maximum atomic E-state index is 10.5. The molecule has 4 heteroatoms. The van der Waals surface area contributed by atoms with E-state index in [1.807, 2.05) is 28.8 Å². The quantitative estimate of drug-likeness (QED) is 0.798. The lowest BCUT2D eigenvalue weighted by Gasteiger charge is -2.06. The lowest BCUT2D eigenvalue weighted by Crippen LogP contribution is -1.99. The Hall–Kier alpha value is -1.42. The molecular weight excluding hydrogens is 256 g/mol. The Morgan fingerprint density at radius 2 is 2.33 bits per heavy atom. The lowest BCUT2D eigenvalue weighted by molar-refractivity contribution is -0.107. The van der Waals surface area contributed by atoms with Crippen molar-refractivity contribution < 1.29 is 4.79 Å². The van der Waals surface area contributed by atoms with Crippen LogP contribution in [-0.2, 0) is 11.2 Å². The number of hydrogen-bond donors (Lipinski definition) is 0. The number of aromatic nitrogens is 2. The summed E-state index contributed by atoms with van der Waals surface area (Å²) in [6, 6.07) is 7.86. The minimum absolute atomic E-state index is 0.381. The van der Waals surface area contributed by atoms with Crippen molar-refractivity contribution in [2.24, 2.45) is 0 Å². The summed E-state index contributed by atoms with van der Waals surface area (Å²) in [5, 5.41) is 0. The highest BCUT2D eigenvalue weighted by atomic mass is 79.9. The molecule has 1 aromatic heterocycles. The predicted octanol–water partition coefficient (Wildman–Crippen LogP) is 2.38. The monoisotopic (exact) mass is 264 g/mol. The first-order chi connectivity index (χ1) is 7.31. The van der Waals surface area contributed by atoms with Gasteiger partial charge >= 0.3 is 0 Å². The summed E-state index contributed by atoms with van der Waals surface area (Å²) in [4.78, 5) is 14.5. The molecule has 1 heterocycles. The van der Waals surface area contributed by atoms with Gasteiger partial charge in [0.15, 0.2) is 0 Å². The molecule has 0 unspecified atom stereocenters. The number of hydrogen-bond acceptors (Lipinski definition) is 2. The molecule has 0 aliphatic rings. The summed E-state index contributed by atoms with van der Waals surface area (Å²) >= 11 is 3.41. The molecule has 0 radical (unpaired) electrons. The number of carbonyl (C=O) groups is 1. The van der Waals surface area contributed by atoms with Crippen LogP contribution < -0.4 is 0 Å². The molecular formula is C11H9BrN2O. The number of benzene rings is 1. The fraction of sp³-hybridized carbons (Fsp3) is 0.0909. The molecule has 2 aromatic rings. The van der Waals surface area contributed by atoms with E-state index < -0.39 is 0 Å². The fourth-order valence-corrected chi connectivity index (χ4v) is 1.80.